The number of fused-ring (bicyclic) bond motifs is 2. The molecule has 0 radical (unpaired) electrons. The molecule has 12 nitrogen and oxygen atoms in total. The number of amides is 4. The van der Waals surface area contributed by atoms with Crippen LogP contribution in [0, 0.1) is 0 Å². The van der Waals surface area contributed by atoms with Gasteiger partial charge in [-0.25, -0.2) is 4.98 Å². The third-order valence-electron chi connectivity index (χ3n) is 9.95. The first-order chi connectivity index (χ1) is 23.3. The van der Waals surface area contributed by atoms with E-state index in [2.05, 4.69) is 15.2 Å². The largest absolute Gasteiger partial charge is 0.385 e. The monoisotopic (exact) mass is 653 g/mol. The van der Waals surface area contributed by atoms with Crippen molar-refractivity contribution in [2.75, 3.05) is 38.0 Å². The second-order valence-electron chi connectivity index (χ2n) is 13.0. The molecule has 2 aromatic carbocycles. The Labute approximate surface area is 280 Å². The number of hydrogen-bond donors (Lipinski definition) is 2. The summed E-state index contributed by atoms with van der Waals surface area (Å²) in [6.45, 7) is 4.31. The maximum absolute atomic E-state index is 13.0. The lowest BCUT2D eigenvalue weighted by atomic mass is 10.0. The lowest BCUT2D eigenvalue weighted by Gasteiger charge is -2.37. The lowest BCUT2D eigenvalue weighted by Crippen LogP contribution is -2.47. The van der Waals surface area contributed by atoms with Crippen LogP contribution in [0.15, 0.2) is 48.7 Å². The van der Waals surface area contributed by atoms with Crippen molar-refractivity contribution in [2.24, 2.45) is 5.73 Å². The highest BCUT2D eigenvalue weighted by Crippen LogP contribution is 2.31. The number of nitrogens with one attached hydrogen (secondary N) is 1. The van der Waals surface area contributed by atoms with Crippen molar-refractivity contribution < 1.29 is 24.0 Å². The number of carbonyl (C=O) groups is 5. The summed E-state index contributed by atoms with van der Waals surface area (Å²) in [5.41, 5.74) is 9.50. The highest BCUT2D eigenvalue weighted by Gasteiger charge is 2.42. The van der Waals surface area contributed by atoms with Gasteiger partial charge in [0.25, 0.3) is 11.8 Å². The highest BCUT2D eigenvalue weighted by atomic mass is 16.2. The Morgan fingerprint density at radius 1 is 0.958 bits per heavy atom. The van der Waals surface area contributed by atoms with E-state index in [0.29, 0.717) is 36.9 Å². The summed E-state index contributed by atoms with van der Waals surface area (Å²) in [6, 6.07) is 12.2. The van der Waals surface area contributed by atoms with Gasteiger partial charge in [-0.05, 0) is 75.4 Å². The van der Waals surface area contributed by atoms with Crippen molar-refractivity contribution in [3.05, 3.63) is 65.5 Å². The standard InChI is InChI=1S/C36H43N7O5/c37-34(46)32(9-6-20-44)43-35(47)27-12-11-25(21-28(27)36(43)48)38-16-5-1-2-10-33(45)41-18-14-26(15-19-41)42-17-13-24(23-42)31-22-39-29-7-3-4-8-30(29)40-31/h3-4,7-8,11-12,20-22,24,26,32,38H,1-2,5-6,9-10,13-19,23H2,(H2,37,46). The molecule has 6 rings (SSSR count). The molecular formula is C36H43N7O5. The van der Waals surface area contributed by atoms with E-state index in [4.69, 9.17) is 10.7 Å². The summed E-state index contributed by atoms with van der Waals surface area (Å²) >= 11 is 0. The van der Waals surface area contributed by atoms with Crippen molar-refractivity contribution in [3.63, 3.8) is 0 Å². The quantitative estimate of drug-likeness (QED) is 0.151. The molecule has 1 aromatic heterocycles. The summed E-state index contributed by atoms with van der Waals surface area (Å²) in [5.74, 6) is -1.37. The Hall–Kier alpha value is -4.71. The first kappa shape index (κ1) is 33.2. The molecule has 0 saturated carbocycles. The van der Waals surface area contributed by atoms with Crippen molar-refractivity contribution in [3.8, 4) is 0 Å². The number of imide groups is 1. The molecule has 2 unspecified atom stereocenters. The minimum Gasteiger partial charge on any atom is -0.385 e. The molecule has 2 saturated heterocycles. The third kappa shape index (κ3) is 7.23. The van der Waals surface area contributed by atoms with Gasteiger partial charge in [0, 0.05) is 62.9 Å². The molecule has 0 spiro atoms. The van der Waals surface area contributed by atoms with Crippen molar-refractivity contribution in [1.29, 1.82) is 0 Å². The van der Waals surface area contributed by atoms with Crippen LogP contribution in [-0.2, 0) is 14.4 Å². The Morgan fingerprint density at radius 2 is 1.73 bits per heavy atom. The number of primary amides is 1. The van der Waals surface area contributed by atoms with Gasteiger partial charge < -0.3 is 20.7 Å². The summed E-state index contributed by atoms with van der Waals surface area (Å²) in [6.07, 6.45) is 8.74. The zero-order valence-electron chi connectivity index (χ0n) is 27.2. The molecule has 252 valence electrons. The van der Waals surface area contributed by atoms with Crippen LogP contribution in [0.1, 0.15) is 90.1 Å². The molecular weight excluding hydrogens is 610 g/mol. The van der Waals surface area contributed by atoms with Crippen LogP contribution in [0.3, 0.4) is 0 Å². The van der Waals surface area contributed by atoms with Gasteiger partial charge in [-0.15, -0.1) is 0 Å². The molecule has 2 fully saturated rings. The van der Waals surface area contributed by atoms with E-state index in [1.54, 1.807) is 18.2 Å². The Balaban J connectivity index is 0.885. The number of nitrogens with zero attached hydrogens (tertiary/aromatic N) is 5. The number of aromatic nitrogens is 2. The van der Waals surface area contributed by atoms with E-state index in [1.807, 2.05) is 35.4 Å². The number of unbranched alkanes of at least 4 members (excludes halogenated alkanes) is 2. The van der Waals surface area contributed by atoms with Gasteiger partial charge in [0.05, 0.1) is 27.9 Å². The van der Waals surface area contributed by atoms with E-state index in [9.17, 15) is 24.0 Å². The number of hydrogen-bond acceptors (Lipinski definition) is 9. The Kier molecular flexibility index (Phi) is 10.4. The van der Waals surface area contributed by atoms with Crippen LogP contribution >= 0.6 is 0 Å². The van der Waals surface area contributed by atoms with Gasteiger partial charge in [-0.1, -0.05) is 18.6 Å². The summed E-state index contributed by atoms with van der Waals surface area (Å²) < 4.78 is 0. The lowest BCUT2D eigenvalue weighted by molar-refractivity contribution is -0.132. The fourth-order valence-corrected chi connectivity index (χ4v) is 7.25. The van der Waals surface area contributed by atoms with Crippen LogP contribution in [0.25, 0.3) is 11.0 Å². The maximum atomic E-state index is 13.0. The van der Waals surface area contributed by atoms with Gasteiger partial charge in [0.2, 0.25) is 11.8 Å². The highest BCUT2D eigenvalue weighted by molar-refractivity contribution is 6.23. The molecule has 48 heavy (non-hydrogen) atoms. The Bertz CT molecular complexity index is 1690. The van der Waals surface area contributed by atoms with Crippen LogP contribution in [0.5, 0.6) is 0 Å². The number of benzene rings is 2. The summed E-state index contributed by atoms with van der Waals surface area (Å²) in [5, 5.41) is 3.29. The average molecular weight is 654 g/mol. The Morgan fingerprint density at radius 3 is 2.50 bits per heavy atom. The summed E-state index contributed by atoms with van der Waals surface area (Å²) in [4.78, 5) is 76.5. The van der Waals surface area contributed by atoms with E-state index in [1.165, 1.54) is 0 Å². The number of anilines is 1. The van der Waals surface area contributed by atoms with Gasteiger partial charge in [-0.2, -0.15) is 0 Å². The topological polar surface area (TPSA) is 159 Å². The molecule has 3 aromatic rings. The average Bonchev–Trinajstić information content (AvgIpc) is 3.69. The zero-order valence-corrected chi connectivity index (χ0v) is 27.2. The first-order valence-corrected chi connectivity index (χ1v) is 17.1. The van der Waals surface area contributed by atoms with Gasteiger partial charge in [0.15, 0.2) is 0 Å². The molecule has 4 heterocycles. The smallest absolute Gasteiger partial charge is 0.262 e. The molecule has 3 N–H and O–H groups in total. The number of nitrogens with two attached hydrogens (primary N) is 1. The fourth-order valence-electron chi connectivity index (χ4n) is 7.25. The van der Waals surface area contributed by atoms with Crippen LogP contribution in [-0.4, -0.2) is 99.4 Å². The van der Waals surface area contributed by atoms with E-state index in [0.717, 1.165) is 86.3 Å². The zero-order chi connectivity index (χ0) is 33.6. The minimum absolute atomic E-state index is 0.00115. The number of para-hydroxylation sites is 2. The molecule has 2 atom stereocenters. The minimum atomic E-state index is -1.16. The van der Waals surface area contributed by atoms with E-state index < -0.39 is 23.8 Å². The molecule has 4 amide bonds. The number of piperidine rings is 1. The van der Waals surface area contributed by atoms with Crippen molar-refractivity contribution in [2.45, 2.75) is 75.8 Å². The first-order valence-electron chi connectivity index (χ1n) is 17.1. The van der Waals surface area contributed by atoms with Gasteiger partial charge in [0.1, 0.15) is 12.3 Å². The van der Waals surface area contributed by atoms with Crippen molar-refractivity contribution in [1.82, 2.24) is 24.7 Å². The van der Waals surface area contributed by atoms with Crippen LogP contribution < -0.4 is 11.1 Å². The van der Waals surface area contributed by atoms with Crippen LogP contribution in [0.4, 0.5) is 5.69 Å². The van der Waals surface area contributed by atoms with Crippen LogP contribution in [0.2, 0.25) is 0 Å². The molecule has 12 heteroatoms. The predicted octanol–water partition coefficient (Wildman–Crippen LogP) is 3.51. The maximum Gasteiger partial charge on any atom is 0.262 e. The molecule has 0 bridgehead atoms. The summed E-state index contributed by atoms with van der Waals surface area (Å²) in [7, 11) is 0. The number of likely N-dealkylation sites (tertiary alicyclic amines) is 2. The molecule has 3 aliphatic heterocycles. The van der Waals surface area contributed by atoms with Gasteiger partial charge in [-0.3, -0.25) is 34.0 Å². The second-order valence-corrected chi connectivity index (χ2v) is 13.0. The molecule has 0 aliphatic carbocycles. The fraction of sp³-hybridized carbons (Fsp3) is 0.472. The number of carbonyl (C=O) groups excluding carboxylic acids is 5. The molecule has 3 aliphatic rings. The van der Waals surface area contributed by atoms with E-state index >= 15 is 0 Å². The van der Waals surface area contributed by atoms with Crippen molar-refractivity contribution >= 4 is 46.6 Å². The normalized spacial score (nSPS) is 19.1. The number of rotatable bonds is 14. The third-order valence-corrected chi connectivity index (χ3v) is 9.95. The second kappa shape index (κ2) is 15.0. The SMILES string of the molecule is NC(=O)C(CCC=O)N1C(=O)c2ccc(NCCCCCC(=O)N3CCC(N4CCC(c5cnc6ccccc6n5)C4)CC3)cc2C1=O. The van der Waals surface area contributed by atoms with Gasteiger partial charge >= 0.3 is 0 Å². The van der Waals surface area contributed by atoms with E-state index in [-0.39, 0.29) is 29.9 Å². The predicted molar refractivity (Wildman–Crippen MR) is 180 cm³/mol. The number of aldehydes is 1.